The quantitative estimate of drug-likeness (QED) is 0.856. The first kappa shape index (κ1) is 15.2. The highest BCUT2D eigenvalue weighted by Crippen LogP contribution is 2.16. The van der Waals surface area contributed by atoms with Crippen molar-refractivity contribution in [1.82, 2.24) is 14.9 Å². The van der Waals surface area contributed by atoms with Crippen LogP contribution in [0.4, 0.5) is 5.95 Å². The summed E-state index contributed by atoms with van der Waals surface area (Å²) in [5.41, 5.74) is 1.89. The van der Waals surface area contributed by atoms with E-state index in [0.717, 1.165) is 36.9 Å². The predicted molar refractivity (Wildman–Crippen MR) is 80.8 cm³/mol. The highest BCUT2D eigenvalue weighted by Gasteiger charge is 2.18. The van der Waals surface area contributed by atoms with Gasteiger partial charge in [0.2, 0.25) is 5.95 Å². The zero-order valence-corrected chi connectivity index (χ0v) is 12.8. The van der Waals surface area contributed by atoms with E-state index >= 15 is 0 Å². The molecule has 0 aliphatic carbocycles. The number of aliphatic hydroxyl groups is 1. The summed E-state index contributed by atoms with van der Waals surface area (Å²) in [7, 11) is 0. The first-order valence-electron chi connectivity index (χ1n) is 7.49. The van der Waals surface area contributed by atoms with Gasteiger partial charge in [0.15, 0.2) is 0 Å². The molecule has 2 rings (SSSR count). The smallest absolute Gasteiger partial charge is 0.223 e. The van der Waals surface area contributed by atoms with E-state index in [2.05, 4.69) is 27.1 Å². The second-order valence-electron chi connectivity index (χ2n) is 5.99. The number of piperidine rings is 1. The van der Waals surface area contributed by atoms with Gasteiger partial charge >= 0.3 is 0 Å². The Balaban J connectivity index is 1.75. The molecule has 2 N–H and O–H groups in total. The van der Waals surface area contributed by atoms with Gasteiger partial charge in [-0.1, -0.05) is 6.92 Å². The average molecular weight is 278 g/mol. The largest absolute Gasteiger partial charge is 0.390 e. The number of aliphatic hydroxyl groups excluding tert-OH is 1. The number of nitrogens with one attached hydrogen (secondary N) is 1. The Morgan fingerprint density at radius 2 is 1.90 bits per heavy atom. The molecule has 0 unspecified atom stereocenters. The van der Waals surface area contributed by atoms with Gasteiger partial charge in [0, 0.05) is 24.5 Å². The highest BCUT2D eigenvalue weighted by molar-refractivity contribution is 5.27. The van der Waals surface area contributed by atoms with E-state index in [-0.39, 0.29) is 6.10 Å². The van der Waals surface area contributed by atoms with E-state index in [1.54, 1.807) is 0 Å². The summed E-state index contributed by atoms with van der Waals surface area (Å²) in [6.07, 6.45) is 2.09. The number of aromatic nitrogens is 2. The number of hydrogen-bond acceptors (Lipinski definition) is 5. The van der Waals surface area contributed by atoms with E-state index in [1.807, 2.05) is 19.9 Å². The van der Waals surface area contributed by atoms with Gasteiger partial charge in [0.05, 0.1) is 6.10 Å². The van der Waals surface area contributed by atoms with Crippen molar-refractivity contribution >= 4 is 5.95 Å². The standard InChI is InChI=1S/C15H26N4O/c1-11-4-6-19(7-5-11)10-14(20)9-16-15-17-12(2)8-13(3)18-15/h8,11,14,20H,4-7,9-10H2,1-3H3,(H,16,17,18)/t14-/m0/s1. The maximum Gasteiger partial charge on any atom is 0.223 e. The fourth-order valence-electron chi connectivity index (χ4n) is 2.62. The van der Waals surface area contributed by atoms with Gasteiger partial charge in [-0.05, 0) is 51.8 Å². The topological polar surface area (TPSA) is 61.3 Å². The van der Waals surface area contributed by atoms with Crippen LogP contribution in [-0.4, -0.2) is 52.3 Å². The van der Waals surface area contributed by atoms with Crippen LogP contribution in [0.5, 0.6) is 0 Å². The molecule has 20 heavy (non-hydrogen) atoms. The maximum absolute atomic E-state index is 10.1. The van der Waals surface area contributed by atoms with Crippen molar-refractivity contribution in [3.63, 3.8) is 0 Å². The van der Waals surface area contributed by atoms with Crippen molar-refractivity contribution in [2.75, 3.05) is 31.5 Å². The van der Waals surface area contributed by atoms with Crippen LogP contribution in [0.1, 0.15) is 31.2 Å². The minimum atomic E-state index is -0.382. The molecule has 1 saturated heterocycles. The minimum Gasteiger partial charge on any atom is -0.390 e. The van der Waals surface area contributed by atoms with Gasteiger partial charge in [0.25, 0.3) is 0 Å². The lowest BCUT2D eigenvalue weighted by molar-refractivity contribution is 0.0989. The molecule has 112 valence electrons. The lowest BCUT2D eigenvalue weighted by Gasteiger charge is -2.31. The Hall–Kier alpha value is -1.20. The molecule has 0 aromatic carbocycles. The first-order valence-corrected chi connectivity index (χ1v) is 7.49. The Morgan fingerprint density at radius 1 is 1.30 bits per heavy atom. The highest BCUT2D eigenvalue weighted by atomic mass is 16.3. The molecule has 1 aliphatic rings. The summed E-state index contributed by atoms with van der Waals surface area (Å²) in [5, 5.41) is 13.2. The molecule has 1 aromatic rings. The molecule has 1 atom stereocenters. The van der Waals surface area contributed by atoms with Crippen molar-refractivity contribution in [1.29, 1.82) is 0 Å². The zero-order valence-electron chi connectivity index (χ0n) is 12.8. The first-order chi connectivity index (χ1) is 9.52. The molecule has 2 heterocycles. The van der Waals surface area contributed by atoms with Gasteiger partial charge in [-0.2, -0.15) is 0 Å². The second-order valence-corrected chi connectivity index (χ2v) is 5.99. The summed E-state index contributed by atoms with van der Waals surface area (Å²) in [5.74, 6) is 1.43. The number of rotatable bonds is 5. The minimum absolute atomic E-state index is 0.382. The third kappa shape index (κ3) is 4.72. The van der Waals surface area contributed by atoms with Gasteiger partial charge in [-0.25, -0.2) is 9.97 Å². The van der Waals surface area contributed by atoms with Crippen LogP contribution >= 0.6 is 0 Å². The third-order valence-electron chi connectivity index (χ3n) is 3.82. The zero-order chi connectivity index (χ0) is 14.5. The normalized spacial score (nSPS) is 19.0. The van der Waals surface area contributed by atoms with Crippen LogP contribution < -0.4 is 5.32 Å². The van der Waals surface area contributed by atoms with Crippen molar-refractivity contribution in [2.45, 2.75) is 39.7 Å². The van der Waals surface area contributed by atoms with Crippen molar-refractivity contribution in [3.05, 3.63) is 17.5 Å². The molecule has 0 amide bonds. The molecule has 5 heteroatoms. The van der Waals surface area contributed by atoms with Crippen LogP contribution in [0, 0.1) is 19.8 Å². The third-order valence-corrected chi connectivity index (χ3v) is 3.82. The lowest BCUT2D eigenvalue weighted by Crippen LogP contribution is -2.40. The Kier molecular flexibility index (Phi) is 5.31. The molecular weight excluding hydrogens is 252 g/mol. The number of hydrogen-bond donors (Lipinski definition) is 2. The number of aryl methyl sites for hydroxylation is 2. The van der Waals surface area contributed by atoms with Gasteiger partial charge in [-0.3, -0.25) is 0 Å². The van der Waals surface area contributed by atoms with Gasteiger partial charge < -0.3 is 15.3 Å². The Labute approximate surface area is 121 Å². The van der Waals surface area contributed by atoms with Crippen LogP contribution in [0.25, 0.3) is 0 Å². The SMILES string of the molecule is Cc1cc(C)nc(NC[C@H](O)CN2CCC(C)CC2)n1. The lowest BCUT2D eigenvalue weighted by atomic mass is 9.99. The molecule has 0 spiro atoms. The van der Waals surface area contributed by atoms with E-state index in [9.17, 15) is 5.11 Å². The molecule has 1 aromatic heterocycles. The molecule has 0 radical (unpaired) electrons. The van der Waals surface area contributed by atoms with E-state index < -0.39 is 0 Å². The number of nitrogens with zero attached hydrogens (tertiary/aromatic N) is 3. The molecule has 0 bridgehead atoms. The number of β-amino-alcohol motifs (C(OH)–C–C–N with tert-alkyl or cyclic N) is 1. The summed E-state index contributed by atoms with van der Waals surface area (Å²) >= 11 is 0. The van der Waals surface area contributed by atoms with Crippen LogP contribution in [-0.2, 0) is 0 Å². The average Bonchev–Trinajstić information content (AvgIpc) is 2.38. The van der Waals surface area contributed by atoms with E-state index in [0.29, 0.717) is 12.5 Å². The fourth-order valence-corrected chi connectivity index (χ4v) is 2.62. The summed E-state index contributed by atoms with van der Waals surface area (Å²) < 4.78 is 0. The molecule has 0 saturated carbocycles. The molecular formula is C15H26N4O. The predicted octanol–water partition coefficient (Wildman–Crippen LogP) is 1.60. The Morgan fingerprint density at radius 3 is 2.50 bits per heavy atom. The summed E-state index contributed by atoms with van der Waals surface area (Å²) in [6.45, 7) is 9.61. The summed E-state index contributed by atoms with van der Waals surface area (Å²) in [6, 6.07) is 1.94. The van der Waals surface area contributed by atoms with Crippen LogP contribution in [0.15, 0.2) is 6.07 Å². The van der Waals surface area contributed by atoms with E-state index in [4.69, 9.17) is 0 Å². The van der Waals surface area contributed by atoms with Gasteiger partial charge in [-0.15, -0.1) is 0 Å². The van der Waals surface area contributed by atoms with Crippen molar-refractivity contribution < 1.29 is 5.11 Å². The maximum atomic E-state index is 10.1. The Bertz CT molecular complexity index is 410. The molecule has 5 nitrogen and oxygen atoms in total. The summed E-state index contributed by atoms with van der Waals surface area (Å²) in [4.78, 5) is 11.0. The van der Waals surface area contributed by atoms with E-state index in [1.165, 1.54) is 12.8 Å². The van der Waals surface area contributed by atoms with Crippen molar-refractivity contribution in [3.8, 4) is 0 Å². The molecule has 1 aliphatic heterocycles. The van der Waals surface area contributed by atoms with Crippen molar-refractivity contribution in [2.24, 2.45) is 5.92 Å². The monoisotopic (exact) mass is 278 g/mol. The number of likely N-dealkylation sites (tertiary alicyclic amines) is 1. The molecule has 1 fully saturated rings. The second kappa shape index (κ2) is 6.99. The van der Waals surface area contributed by atoms with Crippen LogP contribution in [0.2, 0.25) is 0 Å². The number of anilines is 1. The fraction of sp³-hybridized carbons (Fsp3) is 0.733. The van der Waals surface area contributed by atoms with Crippen LogP contribution in [0.3, 0.4) is 0 Å². The van der Waals surface area contributed by atoms with Gasteiger partial charge in [0.1, 0.15) is 0 Å².